The normalized spacial score (nSPS) is 13.0. The minimum absolute atomic E-state index is 0.632. The maximum absolute atomic E-state index is 6.63. The summed E-state index contributed by atoms with van der Waals surface area (Å²) >= 11 is 1.87. The van der Waals surface area contributed by atoms with Crippen LogP contribution in [0.25, 0.3) is 109 Å². The van der Waals surface area contributed by atoms with Crippen LogP contribution in [0.2, 0.25) is 0 Å². The minimum atomic E-state index is 0.632. The van der Waals surface area contributed by atoms with Crippen LogP contribution in [0.3, 0.4) is 0 Å². The van der Waals surface area contributed by atoms with Gasteiger partial charge in [0.1, 0.15) is 11.2 Å². The summed E-state index contributed by atoms with van der Waals surface area (Å²) in [5.41, 5.74) is 9.48. The smallest absolute Gasteiger partial charge is 0.164 e. The molecule has 0 aliphatic heterocycles. The van der Waals surface area contributed by atoms with E-state index in [4.69, 9.17) is 19.4 Å². The fourth-order valence-electron chi connectivity index (χ4n) is 8.67. The monoisotopic (exact) mass is 733 g/mol. The standard InChI is InChI=1S/C51H31N3OS/c1-3-12-33-27-36(21-19-30(33)9-1)49-52-50(37-22-20-31-10-2-4-13-34(31)28-37)54-51(53-49)42-16-8-18-44-47(42)46-38(15-7-17-43(46)55-44)35-24-25-40-41-26-23-32-11-5-6-14-39(32)48(41)56-45(40)29-35/h1-19,21,23-29H,20,22H2. The van der Waals surface area contributed by atoms with Crippen molar-refractivity contribution in [3.8, 4) is 33.9 Å². The molecule has 3 aromatic heterocycles. The average Bonchev–Trinajstić information content (AvgIpc) is 3.84. The zero-order valence-corrected chi connectivity index (χ0v) is 31.0. The first-order chi connectivity index (χ1) is 27.7. The zero-order valence-electron chi connectivity index (χ0n) is 30.2. The van der Waals surface area contributed by atoms with E-state index in [1.807, 2.05) is 17.4 Å². The molecule has 4 nitrogen and oxygen atoms in total. The maximum Gasteiger partial charge on any atom is 0.164 e. The molecule has 0 spiro atoms. The fraction of sp³-hybridized carbons (Fsp3) is 0.0392. The Morgan fingerprint density at radius 3 is 2.07 bits per heavy atom. The summed E-state index contributed by atoms with van der Waals surface area (Å²) in [6, 6.07) is 56.1. The van der Waals surface area contributed by atoms with Crippen molar-refractivity contribution < 1.29 is 4.42 Å². The Labute approximate surface area is 326 Å². The second-order valence-electron chi connectivity index (χ2n) is 14.7. The van der Waals surface area contributed by atoms with Crippen LogP contribution in [0.15, 0.2) is 162 Å². The summed E-state index contributed by atoms with van der Waals surface area (Å²) in [7, 11) is 0. The van der Waals surface area contributed by atoms with Crippen LogP contribution in [0, 0.1) is 0 Å². The van der Waals surface area contributed by atoms with Crippen LogP contribution in [0.4, 0.5) is 0 Å². The molecule has 0 saturated heterocycles. The maximum atomic E-state index is 6.63. The van der Waals surface area contributed by atoms with Crippen molar-refractivity contribution in [3.63, 3.8) is 0 Å². The summed E-state index contributed by atoms with van der Waals surface area (Å²) in [6.07, 6.45) is 4.05. The molecule has 0 radical (unpaired) electrons. The predicted octanol–water partition coefficient (Wildman–Crippen LogP) is 13.9. The SMILES string of the molecule is C1=C(c2nc(-c3ccc4ccccc4c3)nc(-c3cccc4oc5cccc(-c6ccc7c(c6)sc6c8ccccc8ccc76)c5c34)n2)CCc2ccccc21. The van der Waals surface area contributed by atoms with Crippen molar-refractivity contribution in [1.82, 2.24) is 15.0 Å². The molecule has 0 amide bonds. The van der Waals surface area contributed by atoms with Gasteiger partial charge in [-0.25, -0.2) is 15.0 Å². The lowest BCUT2D eigenvalue weighted by Gasteiger charge is -2.17. The third-order valence-corrected chi connectivity index (χ3v) is 12.6. The first-order valence-electron chi connectivity index (χ1n) is 19.0. The Balaban J connectivity index is 1.08. The topological polar surface area (TPSA) is 51.8 Å². The first-order valence-corrected chi connectivity index (χ1v) is 19.9. The van der Waals surface area contributed by atoms with Crippen molar-refractivity contribution in [2.24, 2.45) is 0 Å². The highest BCUT2D eigenvalue weighted by atomic mass is 32.1. The van der Waals surface area contributed by atoms with Crippen molar-refractivity contribution in [2.75, 3.05) is 0 Å². The number of hydrogen-bond acceptors (Lipinski definition) is 5. The Hall–Kier alpha value is -6.95. The van der Waals surface area contributed by atoms with Crippen molar-refractivity contribution in [3.05, 3.63) is 175 Å². The Kier molecular flexibility index (Phi) is 6.89. The molecule has 0 fully saturated rings. The van der Waals surface area contributed by atoms with Gasteiger partial charge in [0.05, 0.1) is 0 Å². The summed E-state index contributed by atoms with van der Waals surface area (Å²) < 4.78 is 9.22. The van der Waals surface area contributed by atoms with Crippen LogP contribution in [-0.4, -0.2) is 15.0 Å². The van der Waals surface area contributed by atoms with E-state index in [1.165, 1.54) is 47.5 Å². The van der Waals surface area contributed by atoms with Gasteiger partial charge in [-0.15, -0.1) is 11.3 Å². The molecule has 12 rings (SSSR count). The molecule has 3 heterocycles. The third kappa shape index (κ3) is 4.94. The number of allylic oxidation sites excluding steroid dienone is 1. The van der Waals surface area contributed by atoms with E-state index in [0.29, 0.717) is 17.5 Å². The van der Waals surface area contributed by atoms with Crippen molar-refractivity contribution in [1.29, 1.82) is 0 Å². The van der Waals surface area contributed by atoms with Crippen LogP contribution in [-0.2, 0) is 6.42 Å². The molecular formula is C51H31N3OS. The largest absolute Gasteiger partial charge is 0.456 e. The molecule has 56 heavy (non-hydrogen) atoms. The molecule has 0 N–H and O–H groups in total. The molecule has 0 saturated carbocycles. The lowest BCUT2D eigenvalue weighted by molar-refractivity contribution is 0.669. The van der Waals surface area contributed by atoms with Gasteiger partial charge in [0.2, 0.25) is 0 Å². The number of nitrogens with zero attached hydrogens (tertiary/aromatic N) is 3. The lowest BCUT2D eigenvalue weighted by Crippen LogP contribution is -2.06. The number of rotatable bonds is 4. The Morgan fingerprint density at radius 2 is 1.16 bits per heavy atom. The summed E-state index contributed by atoms with van der Waals surface area (Å²) in [5.74, 6) is 2.00. The molecule has 0 unspecified atom stereocenters. The molecule has 11 aromatic rings. The highest BCUT2D eigenvalue weighted by molar-refractivity contribution is 7.26. The van der Waals surface area contributed by atoms with E-state index in [0.717, 1.165) is 68.0 Å². The van der Waals surface area contributed by atoms with Gasteiger partial charge in [-0.1, -0.05) is 133 Å². The molecule has 1 aliphatic carbocycles. The minimum Gasteiger partial charge on any atom is -0.456 e. The van der Waals surface area contributed by atoms with Crippen LogP contribution >= 0.6 is 11.3 Å². The van der Waals surface area contributed by atoms with Crippen LogP contribution in [0.5, 0.6) is 0 Å². The van der Waals surface area contributed by atoms with E-state index in [1.54, 1.807) is 0 Å². The average molecular weight is 734 g/mol. The lowest BCUT2D eigenvalue weighted by atomic mass is 9.92. The molecule has 0 bridgehead atoms. The number of benzene rings is 8. The van der Waals surface area contributed by atoms with Crippen LogP contribution < -0.4 is 0 Å². The number of hydrogen-bond donors (Lipinski definition) is 0. The van der Waals surface area contributed by atoms with Gasteiger partial charge in [-0.3, -0.25) is 0 Å². The molecule has 1 aliphatic rings. The van der Waals surface area contributed by atoms with E-state index in [-0.39, 0.29) is 0 Å². The van der Waals surface area contributed by atoms with Gasteiger partial charge in [0, 0.05) is 42.1 Å². The van der Waals surface area contributed by atoms with Gasteiger partial charge in [-0.2, -0.15) is 0 Å². The second kappa shape index (κ2) is 12.3. The summed E-state index contributed by atoms with van der Waals surface area (Å²) in [6.45, 7) is 0. The highest BCUT2D eigenvalue weighted by Gasteiger charge is 2.22. The van der Waals surface area contributed by atoms with E-state index >= 15 is 0 Å². The van der Waals surface area contributed by atoms with Gasteiger partial charge in [-0.05, 0) is 92.6 Å². The van der Waals surface area contributed by atoms with E-state index in [2.05, 4.69) is 158 Å². The van der Waals surface area contributed by atoms with Crippen molar-refractivity contribution in [2.45, 2.75) is 12.8 Å². The van der Waals surface area contributed by atoms with Gasteiger partial charge >= 0.3 is 0 Å². The summed E-state index contributed by atoms with van der Waals surface area (Å²) in [4.78, 5) is 15.7. The zero-order chi connectivity index (χ0) is 36.7. The molecule has 0 atom stereocenters. The number of fused-ring (bicyclic) bond motifs is 10. The fourth-order valence-corrected chi connectivity index (χ4v) is 9.95. The van der Waals surface area contributed by atoms with E-state index in [9.17, 15) is 0 Å². The first kappa shape index (κ1) is 31.4. The van der Waals surface area contributed by atoms with Gasteiger partial charge in [0.15, 0.2) is 17.5 Å². The van der Waals surface area contributed by atoms with E-state index < -0.39 is 0 Å². The molecule has 5 heteroatoms. The number of aromatic nitrogens is 3. The van der Waals surface area contributed by atoms with Gasteiger partial charge in [0.25, 0.3) is 0 Å². The number of thiophene rings is 1. The Bertz CT molecular complexity index is 3440. The molecular weight excluding hydrogens is 703 g/mol. The van der Waals surface area contributed by atoms with Gasteiger partial charge < -0.3 is 4.42 Å². The van der Waals surface area contributed by atoms with Crippen molar-refractivity contribution >= 4 is 86.6 Å². The highest BCUT2D eigenvalue weighted by Crippen LogP contribution is 2.44. The quantitative estimate of drug-likeness (QED) is 0.181. The number of aryl methyl sites for hydroxylation is 1. The van der Waals surface area contributed by atoms with Crippen LogP contribution in [0.1, 0.15) is 23.4 Å². The number of furan rings is 1. The predicted molar refractivity (Wildman–Crippen MR) is 234 cm³/mol. The third-order valence-electron chi connectivity index (χ3n) is 11.4. The second-order valence-corrected chi connectivity index (χ2v) is 15.7. The molecule has 8 aromatic carbocycles. The Morgan fingerprint density at radius 1 is 0.464 bits per heavy atom. The molecule has 262 valence electrons. The summed E-state index contributed by atoms with van der Waals surface area (Å²) in [5, 5.41) is 9.54.